The summed E-state index contributed by atoms with van der Waals surface area (Å²) in [6.45, 7) is 4.70. The van der Waals surface area contributed by atoms with E-state index in [0.717, 1.165) is 31.5 Å². The number of aliphatic hydroxyl groups is 1. The number of rotatable bonds is 13. The highest BCUT2D eigenvalue weighted by Crippen LogP contribution is 2.53. The molecule has 3 aromatic heterocycles. The number of aromatic nitrogens is 6. The molecule has 474 valence electrons. The molecule has 0 spiro atoms. The molecule has 2 amide bonds. The summed E-state index contributed by atoms with van der Waals surface area (Å²) in [4.78, 5) is 80.9. The molecule has 28 heteroatoms. The second-order valence-corrected chi connectivity index (χ2v) is 24.6. The highest BCUT2D eigenvalue weighted by atomic mass is 19.4. The summed E-state index contributed by atoms with van der Waals surface area (Å²) in [5, 5.41) is 36.2. The minimum atomic E-state index is -4.85. The fourth-order valence-electron chi connectivity index (χ4n) is 15.2. The van der Waals surface area contributed by atoms with Crippen molar-refractivity contribution in [3.05, 3.63) is 135 Å². The van der Waals surface area contributed by atoms with Gasteiger partial charge in [-0.2, -0.15) is 39.5 Å². The topological polar surface area (TPSA) is 249 Å². The number of benzene rings is 3. The Balaban J connectivity index is 0.702. The zero-order chi connectivity index (χ0) is 64.0. The number of fused-ring (bicyclic) bond motifs is 3. The predicted octanol–water partition coefficient (Wildman–Crippen LogP) is 11.3. The first-order valence-electron chi connectivity index (χ1n) is 29.3. The van der Waals surface area contributed by atoms with Crippen LogP contribution in [0.15, 0.2) is 72.9 Å². The number of amides is 2. The van der Waals surface area contributed by atoms with Crippen molar-refractivity contribution in [1.82, 2.24) is 39.7 Å². The maximum atomic E-state index is 15.3. The molecular weight excluding hydrogens is 1200 g/mol. The number of hydrogen-bond acceptors (Lipinski definition) is 15. The lowest BCUT2D eigenvalue weighted by molar-refractivity contribution is -0.139. The maximum absolute atomic E-state index is 15.3. The highest BCUT2D eigenvalue weighted by molar-refractivity contribution is 5.96. The smallest absolute Gasteiger partial charge is 0.416 e. The molecule has 3 aliphatic heterocycles. The molecule has 6 fully saturated rings. The molecule has 3 aromatic carbocycles. The lowest BCUT2D eigenvalue weighted by Gasteiger charge is -2.27. The molecule has 10 atom stereocenters. The normalized spacial score (nSPS) is 24.4. The van der Waals surface area contributed by atoms with E-state index in [2.05, 4.69) is 40.5 Å². The van der Waals surface area contributed by atoms with Gasteiger partial charge in [0.2, 0.25) is 11.9 Å². The fourth-order valence-corrected chi connectivity index (χ4v) is 15.2. The molecule has 19 nitrogen and oxygen atoms in total. The molecule has 0 bridgehead atoms. The molecule has 12 rings (SSSR count). The standard InChI is InChI=1S/C62H60F9N11O8/c1-28-12-47(53(83)84)76-56(73-28)79-59(89)82-26-39-15-33(16-40(39)27-82)42-10-8-30(19-45(42)61(66,67)68)48-21-72-51(54(85)86)52(75-48)78-58(88)81-24-37-17-34(18-38(37)25-81)43-11-9-31(20-46(43)62(69,70)71)49-29(2)74-57(77-50(49)55(87)90-3)80-22-35-13-32(14-36(35)23-80)41-6-4-5-7-44(41)60(63,64)65/h4-12,19-21,32-40,58,88H,13-18,22-27H2,1-3H3,(H,75,78)(H,83,84)(H,85,86)(H,73,76,79,89)/t32?,33?,34?,35-,36+,37-,38+,39-,40+,58?. The number of aryl methyl sites for hydroxylation is 2. The van der Waals surface area contributed by atoms with Crippen molar-refractivity contribution in [2.75, 3.05) is 61.9 Å². The van der Waals surface area contributed by atoms with Crippen molar-refractivity contribution in [3.8, 4) is 22.4 Å². The second kappa shape index (κ2) is 23.4. The number of methoxy groups -OCH3 is 1. The maximum Gasteiger partial charge on any atom is 0.416 e. The lowest BCUT2D eigenvalue weighted by atomic mass is 9.88. The number of alkyl halides is 9. The Hall–Kier alpha value is -8.53. The van der Waals surface area contributed by atoms with Gasteiger partial charge < -0.3 is 35.2 Å². The van der Waals surface area contributed by atoms with Crippen molar-refractivity contribution in [2.45, 2.75) is 95.0 Å². The average Bonchev–Trinajstić information content (AvgIpc) is 1.42. The van der Waals surface area contributed by atoms with Crippen LogP contribution in [0.3, 0.4) is 0 Å². The van der Waals surface area contributed by atoms with Gasteiger partial charge in [0, 0.05) is 56.1 Å². The monoisotopic (exact) mass is 1260 g/mol. The molecule has 3 saturated heterocycles. The Kier molecular flexibility index (Phi) is 16.0. The first-order chi connectivity index (χ1) is 42.6. The van der Waals surface area contributed by atoms with Gasteiger partial charge in [-0.1, -0.05) is 42.5 Å². The molecule has 90 heavy (non-hydrogen) atoms. The Labute approximate surface area is 508 Å². The first-order valence-corrected chi connectivity index (χ1v) is 29.3. The van der Waals surface area contributed by atoms with Gasteiger partial charge in [0.05, 0.1) is 41.4 Å². The van der Waals surface area contributed by atoms with Crippen LogP contribution in [0.25, 0.3) is 22.4 Å². The number of anilines is 3. The molecule has 6 aliphatic rings. The van der Waals surface area contributed by atoms with Crippen LogP contribution in [0.1, 0.15) is 133 Å². The summed E-state index contributed by atoms with van der Waals surface area (Å²) in [6, 6.07) is 13.8. The van der Waals surface area contributed by atoms with Gasteiger partial charge >= 0.3 is 42.5 Å². The number of likely N-dealkylation sites (tertiary alicyclic amines) is 2. The summed E-state index contributed by atoms with van der Waals surface area (Å²) in [5.74, 6) is -6.40. The minimum Gasteiger partial charge on any atom is -0.477 e. The van der Waals surface area contributed by atoms with Crippen molar-refractivity contribution in [3.63, 3.8) is 0 Å². The van der Waals surface area contributed by atoms with Gasteiger partial charge in [-0.05, 0) is 152 Å². The van der Waals surface area contributed by atoms with Crippen LogP contribution in [0.2, 0.25) is 0 Å². The van der Waals surface area contributed by atoms with E-state index in [9.17, 15) is 60.8 Å². The van der Waals surface area contributed by atoms with Gasteiger partial charge in [0.15, 0.2) is 29.3 Å². The third kappa shape index (κ3) is 12.1. The summed E-state index contributed by atoms with van der Waals surface area (Å²) >= 11 is 0. The number of carbonyl (C=O) groups is 4. The number of esters is 1. The average molecular weight is 1260 g/mol. The van der Waals surface area contributed by atoms with E-state index < -0.39 is 88.9 Å². The van der Waals surface area contributed by atoms with E-state index in [4.69, 9.17) is 4.74 Å². The number of halogens is 9. The van der Waals surface area contributed by atoms with E-state index in [0.29, 0.717) is 44.5 Å². The zero-order valence-corrected chi connectivity index (χ0v) is 48.5. The number of carboxylic acid groups (broad SMARTS) is 2. The van der Waals surface area contributed by atoms with Crippen molar-refractivity contribution in [2.24, 2.45) is 35.5 Å². The number of urea groups is 1. The molecular formula is C62H60F9N11O8. The third-order valence-corrected chi connectivity index (χ3v) is 19.1. The molecule has 3 aliphatic carbocycles. The molecule has 3 saturated carbocycles. The number of ether oxygens (including phenoxy) is 1. The number of hydrogen-bond donors (Lipinski definition) is 5. The fraction of sp³-hybridized carbons (Fsp3) is 0.452. The molecule has 4 unspecified atom stereocenters. The summed E-state index contributed by atoms with van der Waals surface area (Å²) < 4.78 is 138. The summed E-state index contributed by atoms with van der Waals surface area (Å²) in [6.07, 6.45) is -12.6. The minimum absolute atomic E-state index is 0.00430. The van der Waals surface area contributed by atoms with Crippen LogP contribution < -0.4 is 15.5 Å². The molecule has 6 heterocycles. The van der Waals surface area contributed by atoms with Crippen LogP contribution in [0.5, 0.6) is 0 Å². The number of carboxylic acids is 2. The number of nitrogens with zero attached hydrogens (tertiary/aromatic N) is 9. The predicted molar refractivity (Wildman–Crippen MR) is 304 cm³/mol. The van der Waals surface area contributed by atoms with E-state index in [1.807, 2.05) is 4.90 Å². The Morgan fingerprint density at radius 1 is 0.600 bits per heavy atom. The third-order valence-electron chi connectivity index (χ3n) is 19.1. The van der Waals surface area contributed by atoms with Crippen molar-refractivity contribution >= 4 is 41.7 Å². The lowest BCUT2D eigenvalue weighted by Crippen LogP contribution is -2.40. The number of aromatic carboxylic acids is 2. The highest BCUT2D eigenvalue weighted by Gasteiger charge is 2.49. The second-order valence-electron chi connectivity index (χ2n) is 24.6. The Morgan fingerprint density at radius 2 is 1.12 bits per heavy atom. The summed E-state index contributed by atoms with van der Waals surface area (Å²) in [7, 11) is 1.12. The molecule has 6 aromatic rings. The Bertz CT molecular complexity index is 3810. The summed E-state index contributed by atoms with van der Waals surface area (Å²) in [5.41, 5.74) is -3.01. The first kappa shape index (κ1) is 61.7. The van der Waals surface area contributed by atoms with Gasteiger partial charge in [-0.15, -0.1) is 0 Å². The van der Waals surface area contributed by atoms with Crippen LogP contribution in [-0.4, -0.2) is 132 Å². The van der Waals surface area contributed by atoms with Gasteiger partial charge in [-0.3, -0.25) is 10.2 Å². The van der Waals surface area contributed by atoms with Crippen LogP contribution in [-0.2, 0) is 23.3 Å². The number of nitrogens with one attached hydrogen (secondary N) is 2. The van der Waals surface area contributed by atoms with Crippen LogP contribution in [0.4, 0.5) is 62.0 Å². The van der Waals surface area contributed by atoms with E-state index in [-0.39, 0.29) is 148 Å². The van der Waals surface area contributed by atoms with Gasteiger partial charge in [0.25, 0.3) is 0 Å². The van der Waals surface area contributed by atoms with E-state index in [1.54, 1.807) is 24.8 Å². The van der Waals surface area contributed by atoms with Gasteiger partial charge in [0.1, 0.15) is 0 Å². The van der Waals surface area contributed by atoms with E-state index >= 15 is 13.2 Å². The largest absolute Gasteiger partial charge is 0.477 e. The molecule has 5 N–H and O–H groups in total. The van der Waals surface area contributed by atoms with E-state index in [1.165, 1.54) is 47.4 Å². The SMILES string of the molecule is COC(=O)c1nc(N2C[C@H]3CC(c4ccccc4C(F)(F)F)C[C@H]3C2)nc(C)c1-c1ccc(C2C[C@@H]3CN(C(O)Nc4nc(-c5ccc(C6C[C@@H]7CN(C(=O)Nc8nc(C)cc(C(=O)O)n8)C[C@@H]7C6)c(C(F)(F)F)c5)cnc4C(=O)O)C[C@@H]3C2)c(C(F)(F)F)c1. The van der Waals surface area contributed by atoms with Crippen LogP contribution in [0, 0.1) is 49.4 Å². The van der Waals surface area contributed by atoms with Crippen molar-refractivity contribution < 1.29 is 78.7 Å². The Morgan fingerprint density at radius 3 is 1.67 bits per heavy atom. The zero-order valence-electron chi connectivity index (χ0n) is 48.5. The number of aliphatic hydroxyl groups excluding tert-OH is 1. The van der Waals surface area contributed by atoms with Gasteiger partial charge in [-0.25, -0.2) is 49.1 Å². The molecule has 0 radical (unpaired) electrons. The van der Waals surface area contributed by atoms with Crippen LogP contribution >= 0.6 is 0 Å². The number of carbonyl (C=O) groups excluding carboxylic acids is 2. The van der Waals surface area contributed by atoms with Crippen molar-refractivity contribution in [1.29, 1.82) is 0 Å². The quantitative estimate of drug-likeness (QED) is 0.0410.